The Morgan fingerprint density at radius 3 is 1.12 bits per heavy atom. The van der Waals surface area contributed by atoms with E-state index in [-0.39, 0.29) is 0 Å². The molecule has 0 amide bonds. The molecule has 0 aromatic heterocycles. The van der Waals surface area contributed by atoms with Crippen LogP contribution in [0.4, 0.5) is 0 Å². The Balaban J connectivity index is 1.28. The Labute approximate surface area is 254 Å². The van der Waals surface area contributed by atoms with Gasteiger partial charge < -0.3 is 4.74 Å². The lowest BCUT2D eigenvalue weighted by atomic mass is 9.65. The first kappa shape index (κ1) is 32.8. The molecule has 41 heavy (non-hydrogen) atoms. The average Bonchev–Trinajstić information content (AvgIpc) is 3.02. The summed E-state index contributed by atoms with van der Waals surface area (Å²) in [7, 11) is 0. The van der Waals surface area contributed by atoms with Crippen molar-refractivity contribution in [2.24, 2.45) is 59.2 Å². The molecular weight excluding hydrogens is 500 g/mol. The van der Waals surface area contributed by atoms with Crippen molar-refractivity contribution in [3.8, 4) is 12.1 Å². The van der Waals surface area contributed by atoms with Gasteiger partial charge in [-0.2, -0.15) is 10.5 Å². The zero-order valence-electron chi connectivity index (χ0n) is 27.0. The van der Waals surface area contributed by atoms with Crippen molar-refractivity contribution in [3.05, 3.63) is 0 Å². The highest BCUT2D eigenvalue weighted by Crippen LogP contribution is 2.46. The summed E-state index contributed by atoms with van der Waals surface area (Å²) in [5, 5.41) is 18.9. The van der Waals surface area contributed by atoms with Gasteiger partial charge in [0.1, 0.15) is 0 Å². The lowest BCUT2D eigenvalue weighted by molar-refractivity contribution is 0.0397. The summed E-state index contributed by atoms with van der Waals surface area (Å²) in [4.78, 5) is 0. The SMILES string of the molecule is CCCC1CCC(C(CCOCCC(C2CCC(C#N)CC2)C2CCC(CCC)CC2)C2CCC(C#N)CC2)CC1. The van der Waals surface area contributed by atoms with Gasteiger partial charge in [-0.1, -0.05) is 65.2 Å². The average molecular weight is 565 g/mol. The number of nitriles is 2. The van der Waals surface area contributed by atoms with Crippen molar-refractivity contribution in [1.82, 2.24) is 0 Å². The molecule has 4 fully saturated rings. The normalized spacial score (nSPS) is 36.1. The highest BCUT2D eigenvalue weighted by Gasteiger charge is 2.36. The van der Waals surface area contributed by atoms with Gasteiger partial charge in [0.2, 0.25) is 0 Å². The van der Waals surface area contributed by atoms with Gasteiger partial charge in [0.05, 0.1) is 12.1 Å². The standard InChI is InChI=1S/C38H64N2O/c1-3-5-29-7-15-33(16-8-29)37(35-19-11-31(27-39)12-20-35)23-25-41-26-24-38(36-21-13-32(28-40)14-22-36)34-17-9-30(6-4-2)10-18-34/h29-38H,3-26H2,1-2H3. The van der Waals surface area contributed by atoms with E-state index in [2.05, 4.69) is 26.0 Å². The van der Waals surface area contributed by atoms with Gasteiger partial charge in [-0.05, 0) is 137 Å². The van der Waals surface area contributed by atoms with Crippen molar-refractivity contribution < 1.29 is 4.74 Å². The molecule has 3 heteroatoms. The van der Waals surface area contributed by atoms with Crippen LogP contribution in [0.15, 0.2) is 0 Å². The van der Waals surface area contributed by atoms with E-state index in [1.165, 1.54) is 116 Å². The van der Waals surface area contributed by atoms with Gasteiger partial charge in [0.15, 0.2) is 0 Å². The molecular formula is C38H64N2O. The van der Waals surface area contributed by atoms with Crippen LogP contribution in [0.3, 0.4) is 0 Å². The molecule has 0 heterocycles. The van der Waals surface area contributed by atoms with Crippen LogP contribution in [0.2, 0.25) is 0 Å². The second kappa shape index (κ2) is 17.9. The molecule has 2 unspecified atom stereocenters. The number of hydrogen-bond acceptors (Lipinski definition) is 3. The minimum atomic E-state index is 0.306. The molecule has 3 nitrogen and oxygen atoms in total. The lowest BCUT2D eigenvalue weighted by Crippen LogP contribution is -2.32. The fourth-order valence-electron chi connectivity index (χ4n) is 10.2. The van der Waals surface area contributed by atoms with Gasteiger partial charge >= 0.3 is 0 Å². The van der Waals surface area contributed by atoms with E-state index in [0.29, 0.717) is 11.8 Å². The molecule has 0 aliphatic heterocycles. The van der Waals surface area contributed by atoms with E-state index in [4.69, 9.17) is 4.74 Å². The van der Waals surface area contributed by atoms with Gasteiger partial charge in [-0.25, -0.2) is 0 Å². The maximum Gasteiger partial charge on any atom is 0.0655 e. The quantitative estimate of drug-likeness (QED) is 0.197. The highest BCUT2D eigenvalue weighted by atomic mass is 16.5. The van der Waals surface area contributed by atoms with Crippen LogP contribution < -0.4 is 0 Å². The first-order valence-corrected chi connectivity index (χ1v) is 18.5. The van der Waals surface area contributed by atoms with Gasteiger partial charge in [-0.3, -0.25) is 0 Å². The summed E-state index contributed by atoms with van der Waals surface area (Å²) < 4.78 is 6.56. The molecule has 0 aromatic rings. The van der Waals surface area contributed by atoms with Crippen LogP contribution >= 0.6 is 0 Å². The summed E-state index contributed by atoms with van der Waals surface area (Å²) in [5.41, 5.74) is 0. The fourth-order valence-corrected chi connectivity index (χ4v) is 10.2. The van der Waals surface area contributed by atoms with Crippen LogP contribution in [0.25, 0.3) is 0 Å². The largest absolute Gasteiger partial charge is 0.381 e. The number of nitrogens with zero attached hydrogens (tertiary/aromatic N) is 2. The second-order valence-corrected chi connectivity index (χ2v) is 15.1. The highest BCUT2D eigenvalue weighted by molar-refractivity contribution is 4.92. The number of rotatable bonds is 14. The maximum absolute atomic E-state index is 9.46. The molecule has 4 aliphatic rings. The summed E-state index contributed by atoms with van der Waals surface area (Å²) in [6, 6.07) is 5.12. The molecule has 0 bridgehead atoms. The Morgan fingerprint density at radius 1 is 0.512 bits per heavy atom. The molecule has 4 rings (SSSR count). The first-order valence-electron chi connectivity index (χ1n) is 18.5. The Morgan fingerprint density at radius 2 is 0.829 bits per heavy atom. The van der Waals surface area contributed by atoms with Crippen molar-refractivity contribution in [1.29, 1.82) is 10.5 Å². The van der Waals surface area contributed by atoms with Gasteiger partial charge in [0.25, 0.3) is 0 Å². The van der Waals surface area contributed by atoms with Crippen molar-refractivity contribution >= 4 is 0 Å². The minimum absolute atomic E-state index is 0.306. The molecule has 0 aromatic carbocycles. The molecule has 0 spiro atoms. The predicted octanol–water partition coefficient (Wildman–Crippen LogP) is 10.9. The summed E-state index contributed by atoms with van der Waals surface area (Å²) >= 11 is 0. The van der Waals surface area contributed by atoms with Crippen LogP contribution in [-0.4, -0.2) is 13.2 Å². The van der Waals surface area contributed by atoms with Crippen LogP contribution in [-0.2, 0) is 4.74 Å². The van der Waals surface area contributed by atoms with Crippen LogP contribution in [0.1, 0.15) is 155 Å². The molecule has 232 valence electrons. The smallest absolute Gasteiger partial charge is 0.0655 e. The summed E-state index contributed by atoms with van der Waals surface area (Å²) in [6.07, 6.45) is 29.1. The first-order chi connectivity index (χ1) is 20.1. The second-order valence-electron chi connectivity index (χ2n) is 15.1. The molecule has 0 radical (unpaired) electrons. The Kier molecular flexibility index (Phi) is 14.3. The third kappa shape index (κ3) is 9.99. The summed E-state index contributed by atoms with van der Waals surface area (Å²) in [5.74, 6) is 7.58. The molecule has 4 aliphatic carbocycles. The molecule has 4 saturated carbocycles. The van der Waals surface area contributed by atoms with Crippen molar-refractivity contribution in [2.45, 2.75) is 155 Å². The summed E-state index contributed by atoms with van der Waals surface area (Å²) in [6.45, 7) is 6.57. The van der Waals surface area contributed by atoms with E-state index in [0.717, 1.165) is 86.2 Å². The fraction of sp³-hybridized carbons (Fsp3) is 0.947. The van der Waals surface area contributed by atoms with E-state index < -0.39 is 0 Å². The molecule has 0 N–H and O–H groups in total. The van der Waals surface area contributed by atoms with Crippen LogP contribution in [0, 0.1) is 81.8 Å². The third-order valence-electron chi connectivity index (χ3n) is 12.7. The zero-order chi connectivity index (χ0) is 28.9. The topological polar surface area (TPSA) is 56.8 Å². The van der Waals surface area contributed by atoms with Crippen molar-refractivity contribution in [3.63, 3.8) is 0 Å². The Bertz CT molecular complexity index is 714. The lowest BCUT2D eigenvalue weighted by Gasteiger charge is -2.41. The number of hydrogen-bond donors (Lipinski definition) is 0. The molecule has 2 atom stereocenters. The molecule has 0 saturated heterocycles. The maximum atomic E-state index is 9.46. The van der Waals surface area contributed by atoms with E-state index >= 15 is 0 Å². The zero-order valence-corrected chi connectivity index (χ0v) is 27.0. The predicted molar refractivity (Wildman–Crippen MR) is 170 cm³/mol. The monoisotopic (exact) mass is 565 g/mol. The Hall–Kier alpha value is -1.06. The van der Waals surface area contributed by atoms with Crippen LogP contribution in [0.5, 0.6) is 0 Å². The van der Waals surface area contributed by atoms with E-state index in [1.807, 2.05) is 0 Å². The van der Waals surface area contributed by atoms with Gasteiger partial charge in [0, 0.05) is 25.0 Å². The van der Waals surface area contributed by atoms with Gasteiger partial charge in [-0.15, -0.1) is 0 Å². The van der Waals surface area contributed by atoms with E-state index in [1.54, 1.807) is 0 Å². The number of ether oxygens (including phenoxy) is 1. The minimum Gasteiger partial charge on any atom is -0.381 e. The van der Waals surface area contributed by atoms with E-state index in [9.17, 15) is 10.5 Å². The third-order valence-corrected chi connectivity index (χ3v) is 12.7. The van der Waals surface area contributed by atoms with Crippen molar-refractivity contribution in [2.75, 3.05) is 13.2 Å².